The summed E-state index contributed by atoms with van der Waals surface area (Å²) in [5.41, 5.74) is 8.85. The molecule has 2 N–H and O–H groups in total. The second-order valence-corrected chi connectivity index (χ2v) is 7.89. The zero-order valence-electron chi connectivity index (χ0n) is 15.4. The van der Waals surface area contributed by atoms with Crippen LogP contribution in [0.1, 0.15) is 31.4 Å². The van der Waals surface area contributed by atoms with Gasteiger partial charge in [-0.2, -0.15) is 0 Å². The van der Waals surface area contributed by atoms with Gasteiger partial charge in [-0.1, -0.05) is 30.3 Å². The van der Waals surface area contributed by atoms with Crippen LogP contribution in [-0.4, -0.2) is 37.6 Å². The highest BCUT2D eigenvalue weighted by Gasteiger charge is 2.26. The highest BCUT2D eigenvalue weighted by atomic mass is 32.1. The number of thiophene rings is 1. The van der Waals surface area contributed by atoms with Crippen molar-refractivity contribution in [3.8, 4) is 11.3 Å². The molecule has 4 heterocycles. The van der Waals surface area contributed by atoms with Gasteiger partial charge in [0.05, 0.1) is 5.69 Å². The fraction of sp³-hybridized carbons (Fsp3) is 0.143. The average Bonchev–Trinajstić information content (AvgIpc) is 3.39. The van der Waals surface area contributed by atoms with Crippen molar-refractivity contribution in [3.63, 3.8) is 0 Å². The lowest BCUT2D eigenvalue weighted by Crippen LogP contribution is -2.36. The topological polar surface area (TPSA) is 93.6 Å². The van der Waals surface area contributed by atoms with Crippen molar-refractivity contribution in [2.45, 2.75) is 13.0 Å². The van der Waals surface area contributed by atoms with Crippen LogP contribution in [0.2, 0.25) is 0 Å². The van der Waals surface area contributed by atoms with E-state index in [1.165, 1.54) is 16.8 Å². The van der Waals surface area contributed by atoms with Crippen LogP contribution in [0.3, 0.4) is 0 Å². The molecular formula is C21H17N5O2S. The van der Waals surface area contributed by atoms with Gasteiger partial charge in [0.1, 0.15) is 12.0 Å². The van der Waals surface area contributed by atoms with Gasteiger partial charge in [0.15, 0.2) is 11.3 Å². The Morgan fingerprint density at radius 2 is 1.97 bits per heavy atom. The number of nitrogens with two attached hydrogens (primary N) is 1. The van der Waals surface area contributed by atoms with Crippen molar-refractivity contribution in [2.75, 3.05) is 6.54 Å². The Balaban J connectivity index is 1.64. The van der Waals surface area contributed by atoms with Crippen LogP contribution in [0.5, 0.6) is 0 Å². The monoisotopic (exact) mass is 403 g/mol. The van der Waals surface area contributed by atoms with E-state index in [0.717, 1.165) is 12.0 Å². The molecule has 0 unspecified atom stereocenters. The summed E-state index contributed by atoms with van der Waals surface area (Å²) in [5.74, 6) is -0.802. The first-order valence-corrected chi connectivity index (χ1v) is 10.1. The number of primary amides is 1. The summed E-state index contributed by atoms with van der Waals surface area (Å²) in [4.78, 5) is 37.1. The number of rotatable bonds is 3. The molecule has 4 aromatic rings. The van der Waals surface area contributed by atoms with Gasteiger partial charge in [-0.3, -0.25) is 14.0 Å². The lowest BCUT2D eigenvalue weighted by Gasteiger charge is -2.27. The Kier molecular flexibility index (Phi) is 4.13. The first-order chi connectivity index (χ1) is 14.1. The Labute approximate surface area is 170 Å². The number of benzene rings is 1. The predicted octanol–water partition coefficient (Wildman–Crippen LogP) is 2.76. The van der Waals surface area contributed by atoms with E-state index in [-0.39, 0.29) is 17.2 Å². The maximum atomic E-state index is 13.4. The van der Waals surface area contributed by atoms with Gasteiger partial charge in [-0.05, 0) is 29.5 Å². The van der Waals surface area contributed by atoms with E-state index in [1.807, 2.05) is 35.2 Å². The normalized spacial score (nSPS) is 13.4. The molecule has 1 aliphatic heterocycles. The van der Waals surface area contributed by atoms with Gasteiger partial charge < -0.3 is 10.6 Å². The van der Waals surface area contributed by atoms with Crippen LogP contribution in [-0.2, 0) is 13.0 Å². The van der Waals surface area contributed by atoms with Crippen LogP contribution in [0.4, 0.5) is 0 Å². The summed E-state index contributed by atoms with van der Waals surface area (Å²) in [6.07, 6.45) is 2.28. The predicted molar refractivity (Wildman–Crippen MR) is 110 cm³/mol. The molecule has 5 rings (SSSR count). The van der Waals surface area contributed by atoms with E-state index in [2.05, 4.69) is 21.4 Å². The number of hydrogen-bond donors (Lipinski definition) is 1. The Bertz CT molecular complexity index is 1240. The molecular weight excluding hydrogens is 386 g/mol. The van der Waals surface area contributed by atoms with Gasteiger partial charge in [0.2, 0.25) is 0 Å². The molecule has 1 aliphatic rings. The fourth-order valence-corrected chi connectivity index (χ4v) is 4.54. The molecule has 0 bridgehead atoms. The van der Waals surface area contributed by atoms with Gasteiger partial charge in [-0.15, -0.1) is 11.3 Å². The fourth-order valence-electron chi connectivity index (χ4n) is 3.65. The Hall–Kier alpha value is -3.52. The number of amides is 2. The summed E-state index contributed by atoms with van der Waals surface area (Å²) in [6, 6.07) is 13.3. The zero-order valence-corrected chi connectivity index (χ0v) is 16.2. The number of aromatic nitrogens is 3. The molecule has 3 aromatic heterocycles. The van der Waals surface area contributed by atoms with E-state index in [1.54, 1.807) is 21.8 Å². The molecule has 1 aromatic carbocycles. The molecule has 0 saturated carbocycles. The summed E-state index contributed by atoms with van der Waals surface area (Å²) in [7, 11) is 0. The SMILES string of the molecule is NC(=O)c1ncn2c(C(=O)N3CCc4sccc4C3)cc(-c3ccccc3)nc12. The first kappa shape index (κ1) is 17.6. The van der Waals surface area contributed by atoms with Gasteiger partial charge >= 0.3 is 0 Å². The summed E-state index contributed by atoms with van der Waals surface area (Å²) in [6.45, 7) is 1.22. The standard InChI is InChI=1S/C21H17N5O2S/c22-19(27)18-20-24-15(13-4-2-1-3-5-13)10-16(26(20)12-23-18)21(28)25-8-6-17-14(11-25)7-9-29-17/h1-5,7,9-10,12H,6,8,11H2,(H2,22,27). The minimum Gasteiger partial charge on any atom is -0.364 e. The average molecular weight is 403 g/mol. The lowest BCUT2D eigenvalue weighted by atomic mass is 10.1. The molecule has 29 heavy (non-hydrogen) atoms. The van der Waals surface area contributed by atoms with Crippen molar-refractivity contribution in [3.05, 3.63) is 76.0 Å². The van der Waals surface area contributed by atoms with Crippen LogP contribution in [0.25, 0.3) is 16.9 Å². The quantitative estimate of drug-likeness (QED) is 0.569. The summed E-state index contributed by atoms with van der Waals surface area (Å²) >= 11 is 1.73. The highest BCUT2D eigenvalue weighted by Crippen LogP contribution is 2.27. The number of hydrogen-bond acceptors (Lipinski definition) is 5. The zero-order chi connectivity index (χ0) is 20.0. The molecule has 2 amide bonds. The molecule has 8 heteroatoms. The third kappa shape index (κ3) is 2.98. The van der Waals surface area contributed by atoms with Gasteiger partial charge in [0.25, 0.3) is 11.8 Å². The molecule has 0 saturated heterocycles. The molecule has 0 atom stereocenters. The molecule has 0 radical (unpaired) electrons. The third-order valence-corrected chi connectivity index (χ3v) is 6.14. The van der Waals surface area contributed by atoms with E-state index in [9.17, 15) is 9.59 Å². The third-order valence-electron chi connectivity index (χ3n) is 5.12. The molecule has 0 fully saturated rings. The maximum absolute atomic E-state index is 13.4. The van der Waals surface area contributed by atoms with Crippen molar-refractivity contribution in [1.29, 1.82) is 0 Å². The van der Waals surface area contributed by atoms with E-state index in [4.69, 9.17) is 5.73 Å². The summed E-state index contributed by atoms with van der Waals surface area (Å²) in [5, 5.41) is 2.06. The first-order valence-electron chi connectivity index (χ1n) is 9.19. The van der Waals surface area contributed by atoms with Crippen molar-refractivity contribution in [2.24, 2.45) is 5.73 Å². The maximum Gasteiger partial charge on any atom is 0.271 e. The van der Waals surface area contributed by atoms with Crippen molar-refractivity contribution < 1.29 is 9.59 Å². The summed E-state index contributed by atoms with van der Waals surface area (Å²) < 4.78 is 1.55. The number of fused-ring (bicyclic) bond motifs is 2. The van der Waals surface area contributed by atoms with Gasteiger partial charge in [-0.25, -0.2) is 9.97 Å². The van der Waals surface area contributed by atoms with Crippen LogP contribution in [0.15, 0.2) is 54.2 Å². The van der Waals surface area contributed by atoms with Crippen molar-refractivity contribution in [1.82, 2.24) is 19.3 Å². The van der Waals surface area contributed by atoms with Crippen LogP contribution in [0, 0.1) is 0 Å². The van der Waals surface area contributed by atoms with Crippen LogP contribution >= 0.6 is 11.3 Å². The largest absolute Gasteiger partial charge is 0.364 e. The van der Waals surface area contributed by atoms with E-state index < -0.39 is 5.91 Å². The number of carbonyl (C=O) groups is 2. The Morgan fingerprint density at radius 3 is 2.76 bits per heavy atom. The van der Waals surface area contributed by atoms with Crippen LogP contribution < -0.4 is 5.73 Å². The smallest absolute Gasteiger partial charge is 0.271 e. The Morgan fingerprint density at radius 1 is 1.14 bits per heavy atom. The number of carbonyl (C=O) groups excluding carboxylic acids is 2. The van der Waals surface area contributed by atoms with E-state index >= 15 is 0 Å². The lowest BCUT2D eigenvalue weighted by molar-refractivity contribution is 0.0728. The number of imidazole rings is 1. The van der Waals surface area contributed by atoms with Crippen molar-refractivity contribution >= 4 is 28.8 Å². The minimum absolute atomic E-state index is 0.0515. The van der Waals surface area contributed by atoms with Gasteiger partial charge in [0, 0.05) is 23.5 Å². The minimum atomic E-state index is -0.676. The second-order valence-electron chi connectivity index (χ2n) is 6.89. The molecule has 7 nitrogen and oxygen atoms in total. The second kappa shape index (κ2) is 6.82. The molecule has 0 aliphatic carbocycles. The molecule has 0 spiro atoms. The van der Waals surface area contributed by atoms with E-state index in [0.29, 0.717) is 24.5 Å². The number of nitrogens with zero attached hydrogens (tertiary/aromatic N) is 4. The highest BCUT2D eigenvalue weighted by molar-refractivity contribution is 7.10. The molecule has 144 valence electrons.